The van der Waals surface area contributed by atoms with Crippen LogP contribution in [0, 0.1) is 6.92 Å². The second kappa shape index (κ2) is 7.04. The van der Waals surface area contributed by atoms with Crippen LogP contribution in [0.4, 0.5) is 13.2 Å². The maximum Gasteiger partial charge on any atom is 0.416 e. The molecule has 0 bridgehead atoms. The number of benzene rings is 2. The summed E-state index contributed by atoms with van der Waals surface area (Å²) >= 11 is 0. The van der Waals surface area contributed by atoms with Gasteiger partial charge >= 0.3 is 6.18 Å². The van der Waals surface area contributed by atoms with Gasteiger partial charge in [0.2, 0.25) is 0 Å². The van der Waals surface area contributed by atoms with Crippen LogP contribution in [0.25, 0.3) is 0 Å². The second-order valence-corrected chi connectivity index (χ2v) is 5.55. The minimum atomic E-state index is -4.31. The smallest absolute Gasteiger partial charge is 0.416 e. The number of methoxy groups -OCH3 is 1. The Morgan fingerprint density at radius 2 is 1.74 bits per heavy atom. The first-order valence-corrected chi connectivity index (χ1v) is 7.36. The summed E-state index contributed by atoms with van der Waals surface area (Å²) in [6.07, 6.45) is -3.71. The monoisotopic (exact) mass is 323 g/mol. The van der Waals surface area contributed by atoms with Crippen LogP contribution in [0.15, 0.2) is 42.5 Å². The van der Waals surface area contributed by atoms with Crippen LogP contribution in [0.1, 0.15) is 28.2 Å². The van der Waals surface area contributed by atoms with E-state index in [0.29, 0.717) is 13.0 Å². The number of ether oxygens (including phenoxy) is 1. The topological polar surface area (TPSA) is 35.2 Å². The van der Waals surface area contributed by atoms with Crippen molar-refractivity contribution in [3.63, 3.8) is 0 Å². The molecule has 0 heterocycles. The molecule has 0 saturated heterocycles. The first-order valence-electron chi connectivity index (χ1n) is 7.36. The van der Waals surface area contributed by atoms with Crippen molar-refractivity contribution >= 4 is 0 Å². The number of hydrogen-bond acceptors (Lipinski definition) is 2. The lowest BCUT2D eigenvalue weighted by atomic mass is 9.89. The van der Waals surface area contributed by atoms with Crippen LogP contribution >= 0.6 is 0 Å². The Bertz CT molecular complexity index is 650. The normalized spacial score (nSPS) is 13.0. The third-order valence-corrected chi connectivity index (χ3v) is 3.96. The summed E-state index contributed by atoms with van der Waals surface area (Å²) in [4.78, 5) is 0. The highest BCUT2D eigenvalue weighted by Crippen LogP contribution is 2.30. The van der Waals surface area contributed by atoms with E-state index in [4.69, 9.17) is 10.5 Å². The van der Waals surface area contributed by atoms with Crippen molar-refractivity contribution in [1.29, 1.82) is 0 Å². The van der Waals surface area contributed by atoms with Crippen molar-refractivity contribution in [2.75, 3.05) is 13.7 Å². The Morgan fingerprint density at radius 3 is 2.22 bits per heavy atom. The molecule has 0 aliphatic carbocycles. The zero-order valence-electron chi connectivity index (χ0n) is 13.2. The van der Waals surface area contributed by atoms with Gasteiger partial charge in [0.1, 0.15) is 5.75 Å². The molecule has 5 heteroatoms. The van der Waals surface area contributed by atoms with Crippen molar-refractivity contribution in [3.8, 4) is 5.75 Å². The molecular formula is C18H20F3NO. The first-order chi connectivity index (χ1) is 10.8. The number of halogens is 3. The lowest BCUT2D eigenvalue weighted by molar-refractivity contribution is -0.137. The van der Waals surface area contributed by atoms with Gasteiger partial charge in [0, 0.05) is 5.92 Å². The molecular weight excluding hydrogens is 303 g/mol. The number of hydrogen-bond donors (Lipinski definition) is 1. The van der Waals surface area contributed by atoms with Gasteiger partial charge in [-0.25, -0.2) is 0 Å². The van der Waals surface area contributed by atoms with E-state index in [-0.39, 0.29) is 5.92 Å². The van der Waals surface area contributed by atoms with Gasteiger partial charge in [-0.05, 0) is 60.8 Å². The van der Waals surface area contributed by atoms with E-state index in [1.165, 1.54) is 12.1 Å². The average molecular weight is 323 g/mol. The minimum absolute atomic E-state index is 0.0534. The Morgan fingerprint density at radius 1 is 1.09 bits per heavy atom. The molecule has 0 aliphatic rings. The third kappa shape index (κ3) is 4.26. The fourth-order valence-electron chi connectivity index (χ4n) is 2.67. The van der Waals surface area contributed by atoms with Crippen molar-refractivity contribution in [2.45, 2.75) is 25.4 Å². The van der Waals surface area contributed by atoms with E-state index in [2.05, 4.69) is 0 Å². The summed E-state index contributed by atoms with van der Waals surface area (Å²) in [7, 11) is 1.61. The predicted molar refractivity (Wildman–Crippen MR) is 84.7 cm³/mol. The molecule has 0 radical (unpaired) electrons. The number of rotatable bonds is 5. The van der Waals surface area contributed by atoms with Gasteiger partial charge in [0.15, 0.2) is 0 Å². The molecule has 0 amide bonds. The van der Waals surface area contributed by atoms with Crippen molar-refractivity contribution in [2.24, 2.45) is 5.73 Å². The van der Waals surface area contributed by atoms with Gasteiger partial charge < -0.3 is 10.5 Å². The maximum atomic E-state index is 12.6. The summed E-state index contributed by atoms with van der Waals surface area (Å²) in [5, 5.41) is 0. The molecule has 1 atom stereocenters. The van der Waals surface area contributed by atoms with E-state index in [1.54, 1.807) is 7.11 Å². The van der Waals surface area contributed by atoms with Gasteiger partial charge in [-0.2, -0.15) is 13.2 Å². The first kappa shape index (κ1) is 17.3. The molecule has 2 nitrogen and oxygen atoms in total. The summed E-state index contributed by atoms with van der Waals surface area (Å²) < 4.78 is 43.0. The summed E-state index contributed by atoms with van der Waals surface area (Å²) in [5.41, 5.74) is 8.24. The molecule has 2 aromatic rings. The van der Waals surface area contributed by atoms with Crippen molar-refractivity contribution < 1.29 is 17.9 Å². The molecule has 1 unspecified atom stereocenters. The fourth-order valence-corrected chi connectivity index (χ4v) is 2.67. The quantitative estimate of drug-likeness (QED) is 0.890. The molecule has 0 spiro atoms. The molecule has 23 heavy (non-hydrogen) atoms. The summed E-state index contributed by atoms with van der Waals surface area (Å²) in [6, 6.07) is 11.0. The summed E-state index contributed by atoms with van der Waals surface area (Å²) in [6.45, 7) is 2.40. The van der Waals surface area contributed by atoms with E-state index in [9.17, 15) is 13.2 Å². The molecule has 0 aromatic heterocycles. The highest BCUT2D eigenvalue weighted by Gasteiger charge is 2.30. The van der Waals surface area contributed by atoms with Crippen LogP contribution in [0.2, 0.25) is 0 Å². The van der Waals surface area contributed by atoms with E-state index < -0.39 is 11.7 Å². The molecule has 0 saturated carbocycles. The average Bonchev–Trinajstić information content (AvgIpc) is 2.52. The van der Waals surface area contributed by atoms with Crippen LogP contribution in [-0.4, -0.2) is 13.7 Å². The lowest BCUT2D eigenvalue weighted by Crippen LogP contribution is -2.16. The molecule has 0 fully saturated rings. The van der Waals surface area contributed by atoms with Crippen molar-refractivity contribution in [3.05, 3.63) is 64.7 Å². The van der Waals surface area contributed by atoms with Gasteiger partial charge in [0.25, 0.3) is 0 Å². The van der Waals surface area contributed by atoms with Crippen LogP contribution in [0.5, 0.6) is 5.75 Å². The fraction of sp³-hybridized carbons (Fsp3) is 0.333. The standard InChI is InChI=1S/C18H20F3NO/c1-12-9-16(23-2)7-8-17(12)14(11-22)10-13-3-5-15(6-4-13)18(19,20)21/h3-9,14H,10-11,22H2,1-2H3. The SMILES string of the molecule is COc1ccc(C(CN)Cc2ccc(C(F)(F)F)cc2)c(C)c1. The summed E-state index contributed by atoms with van der Waals surface area (Å²) in [5.74, 6) is 0.828. The minimum Gasteiger partial charge on any atom is -0.497 e. The van der Waals surface area contributed by atoms with E-state index in [1.807, 2.05) is 25.1 Å². The van der Waals surface area contributed by atoms with Gasteiger partial charge in [-0.15, -0.1) is 0 Å². The Kier molecular flexibility index (Phi) is 5.31. The number of aryl methyl sites for hydroxylation is 1. The third-order valence-electron chi connectivity index (χ3n) is 3.96. The highest BCUT2D eigenvalue weighted by atomic mass is 19.4. The Hall–Kier alpha value is -2.01. The predicted octanol–water partition coefficient (Wildman–Crippen LogP) is 4.31. The maximum absolute atomic E-state index is 12.6. The van der Waals surface area contributed by atoms with E-state index in [0.717, 1.165) is 34.6 Å². The lowest BCUT2D eigenvalue weighted by Gasteiger charge is -2.19. The number of nitrogens with two attached hydrogens (primary N) is 1. The molecule has 124 valence electrons. The molecule has 0 aliphatic heterocycles. The Balaban J connectivity index is 2.19. The second-order valence-electron chi connectivity index (χ2n) is 5.55. The van der Waals surface area contributed by atoms with Crippen LogP contribution in [-0.2, 0) is 12.6 Å². The molecule has 2 N–H and O–H groups in total. The van der Waals surface area contributed by atoms with E-state index >= 15 is 0 Å². The van der Waals surface area contributed by atoms with Crippen LogP contribution in [0.3, 0.4) is 0 Å². The Labute approximate surface area is 134 Å². The zero-order valence-corrected chi connectivity index (χ0v) is 13.2. The van der Waals surface area contributed by atoms with Gasteiger partial charge in [-0.3, -0.25) is 0 Å². The van der Waals surface area contributed by atoms with Crippen LogP contribution < -0.4 is 10.5 Å². The van der Waals surface area contributed by atoms with Gasteiger partial charge in [0.05, 0.1) is 12.7 Å². The van der Waals surface area contributed by atoms with Crippen molar-refractivity contribution in [1.82, 2.24) is 0 Å². The molecule has 2 aromatic carbocycles. The largest absolute Gasteiger partial charge is 0.497 e. The van der Waals surface area contributed by atoms with Gasteiger partial charge in [-0.1, -0.05) is 18.2 Å². The zero-order chi connectivity index (χ0) is 17.0. The highest BCUT2D eigenvalue weighted by molar-refractivity contribution is 5.38. The molecule has 2 rings (SSSR count). The number of alkyl halides is 3.